The number of hydrogen-bond acceptors (Lipinski definition) is 5. The lowest BCUT2D eigenvalue weighted by Crippen LogP contribution is -2.49. The minimum absolute atomic E-state index is 0.486. The van der Waals surface area contributed by atoms with Gasteiger partial charge in [0.1, 0.15) is 23.6 Å². The number of halogens is 1. The summed E-state index contributed by atoms with van der Waals surface area (Å²) < 4.78 is 0. The number of benzene rings is 1. The van der Waals surface area contributed by atoms with Crippen LogP contribution in [0.25, 0.3) is 22.1 Å². The van der Waals surface area contributed by atoms with Crippen LogP contribution in [-0.4, -0.2) is 38.0 Å². The van der Waals surface area contributed by atoms with E-state index in [1.54, 1.807) is 6.33 Å². The largest absolute Gasteiger partial charge is 0.356 e. The molecule has 0 unspecified atom stereocenters. The van der Waals surface area contributed by atoms with Gasteiger partial charge in [0.15, 0.2) is 0 Å². The Morgan fingerprint density at radius 1 is 1.22 bits per heavy atom. The molecular weight excluding hydrogens is 362 g/mol. The minimum atomic E-state index is -0.486. The molecule has 4 N–H and O–H groups in total. The number of nitrogens with zero attached hydrogens (tertiary/aromatic N) is 4. The van der Waals surface area contributed by atoms with E-state index in [9.17, 15) is 0 Å². The molecule has 0 bridgehead atoms. The quantitative estimate of drug-likeness (QED) is 0.495. The molecule has 0 radical (unpaired) electrons. The summed E-state index contributed by atoms with van der Waals surface area (Å²) in [6.45, 7) is 3.61. The summed E-state index contributed by atoms with van der Waals surface area (Å²) in [7, 11) is 0. The molecule has 8 heteroatoms. The van der Waals surface area contributed by atoms with Crippen LogP contribution in [-0.2, 0) is 5.54 Å². The number of hydrogen-bond donors (Lipinski definition) is 3. The van der Waals surface area contributed by atoms with Crippen molar-refractivity contribution in [3.8, 4) is 0 Å². The highest BCUT2D eigenvalue weighted by atomic mass is 35.5. The maximum Gasteiger partial charge on any atom is 0.142 e. The monoisotopic (exact) mass is 381 g/mol. The van der Waals surface area contributed by atoms with E-state index in [-0.39, 0.29) is 0 Å². The third-order valence-electron chi connectivity index (χ3n) is 5.52. The van der Waals surface area contributed by atoms with Gasteiger partial charge in [0.2, 0.25) is 0 Å². The summed E-state index contributed by atoms with van der Waals surface area (Å²) in [4.78, 5) is 22.3. The van der Waals surface area contributed by atoms with Crippen molar-refractivity contribution in [3.05, 3.63) is 47.1 Å². The molecule has 1 saturated heterocycles. The second-order valence-corrected chi connectivity index (χ2v) is 7.69. The van der Waals surface area contributed by atoms with Crippen LogP contribution in [0.5, 0.6) is 0 Å². The maximum absolute atomic E-state index is 6.76. The van der Waals surface area contributed by atoms with Crippen molar-refractivity contribution in [1.29, 1.82) is 0 Å². The number of H-pyrrole nitrogens is 2. The Labute approximate surface area is 161 Å². The van der Waals surface area contributed by atoms with E-state index in [4.69, 9.17) is 22.3 Å². The topological polar surface area (TPSA) is 99.5 Å². The number of fused-ring (bicyclic) bond motifs is 2. The maximum atomic E-state index is 6.76. The van der Waals surface area contributed by atoms with Crippen LogP contribution < -0.4 is 10.6 Å². The van der Waals surface area contributed by atoms with E-state index in [0.717, 1.165) is 70.2 Å². The number of nitrogens with one attached hydrogen (secondary N) is 2. The number of rotatable bonds is 2. The van der Waals surface area contributed by atoms with E-state index in [2.05, 4.69) is 24.8 Å². The zero-order chi connectivity index (χ0) is 18.6. The van der Waals surface area contributed by atoms with Crippen molar-refractivity contribution in [1.82, 2.24) is 24.9 Å². The van der Waals surface area contributed by atoms with Crippen LogP contribution in [0.3, 0.4) is 0 Å². The third-order valence-corrected chi connectivity index (χ3v) is 5.93. The standard InChI is InChI=1S/C19H20ClN7/c1-11-8-14-15(9-13(11)20)26-18(25-14)19(21)3-6-27(7-4-19)17-12-2-5-22-16(12)23-10-24-17/h2,5,8-10H,3-4,6-7,21H2,1H3,(H,25,26)(H,22,23,24). The smallest absolute Gasteiger partial charge is 0.142 e. The second kappa shape index (κ2) is 5.94. The number of anilines is 1. The van der Waals surface area contributed by atoms with Crippen molar-refractivity contribution < 1.29 is 0 Å². The van der Waals surface area contributed by atoms with Gasteiger partial charge in [0.25, 0.3) is 0 Å². The first-order valence-corrected chi connectivity index (χ1v) is 9.40. The van der Waals surface area contributed by atoms with Crippen LogP contribution in [0.15, 0.2) is 30.7 Å². The fourth-order valence-electron chi connectivity index (χ4n) is 3.84. The first-order chi connectivity index (χ1) is 13.0. The summed E-state index contributed by atoms with van der Waals surface area (Å²) in [5.74, 6) is 1.78. The average molecular weight is 382 g/mol. The molecular formula is C19H20ClN7. The number of aromatic nitrogens is 5. The van der Waals surface area contributed by atoms with E-state index in [0.29, 0.717) is 0 Å². The fraction of sp³-hybridized carbons (Fsp3) is 0.316. The van der Waals surface area contributed by atoms with Crippen molar-refractivity contribution in [2.45, 2.75) is 25.3 Å². The van der Waals surface area contributed by atoms with E-state index < -0.39 is 5.54 Å². The summed E-state index contributed by atoms with van der Waals surface area (Å²) in [5, 5.41) is 1.76. The summed E-state index contributed by atoms with van der Waals surface area (Å²) >= 11 is 6.24. The van der Waals surface area contributed by atoms with Gasteiger partial charge in [-0.2, -0.15) is 0 Å². The molecule has 5 rings (SSSR count). The van der Waals surface area contributed by atoms with E-state index >= 15 is 0 Å². The molecule has 0 amide bonds. The first kappa shape index (κ1) is 16.5. The molecule has 1 aliphatic rings. The van der Waals surface area contributed by atoms with Gasteiger partial charge < -0.3 is 20.6 Å². The molecule has 1 aliphatic heterocycles. The van der Waals surface area contributed by atoms with Crippen LogP contribution in [0, 0.1) is 6.92 Å². The van der Waals surface area contributed by atoms with Gasteiger partial charge in [-0.1, -0.05) is 11.6 Å². The third kappa shape index (κ3) is 2.65. The zero-order valence-corrected chi connectivity index (χ0v) is 15.7. The Hall–Kier alpha value is -2.64. The van der Waals surface area contributed by atoms with Crippen molar-refractivity contribution in [2.75, 3.05) is 18.0 Å². The van der Waals surface area contributed by atoms with E-state index in [1.807, 2.05) is 31.3 Å². The van der Waals surface area contributed by atoms with Gasteiger partial charge in [0, 0.05) is 24.3 Å². The predicted octanol–water partition coefficient (Wildman–Crippen LogP) is 3.25. The zero-order valence-electron chi connectivity index (χ0n) is 15.0. The lowest BCUT2D eigenvalue weighted by molar-refractivity contribution is 0.327. The Morgan fingerprint density at radius 3 is 2.85 bits per heavy atom. The normalized spacial score (nSPS) is 17.1. The van der Waals surface area contributed by atoms with Crippen LogP contribution >= 0.6 is 11.6 Å². The average Bonchev–Trinajstić information content (AvgIpc) is 3.30. The SMILES string of the molecule is Cc1cc2[nH]c(C3(N)CCN(c4ncnc5[nH]ccc45)CC3)nc2cc1Cl. The molecule has 0 spiro atoms. The Morgan fingerprint density at radius 2 is 2.04 bits per heavy atom. The first-order valence-electron chi connectivity index (χ1n) is 9.02. The number of piperidine rings is 1. The lowest BCUT2D eigenvalue weighted by atomic mass is 9.88. The molecule has 1 fully saturated rings. The Bertz CT molecular complexity index is 1100. The highest BCUT2D eigenvalue weighted by Crippen LogP contribution is 2.34. The van der Waals surface area contributed by atoms with Crippen molar-refractivity contribution in [3.63, 3.8) is 0 Å². The highest BCUT2D eigenvalue weighted by Gasteiger charge is 2.36. The van der Waals surface area contributed by atoms with Crippen LogP contribution in [0.2, 0.25) is 5.02 Å². The molecule has 0 aliphatic carbocycles. The molecule has 1 aromatic carbocycles. The fourth-order valence-corrected chi connectivity index (χ4v) is 4.00. The van der Waals surface area contributed by atoms with Gasteiger partial charge in [-0.05, 0) is 43.5 Å². The minimum Gasteiger partial charge on any atom is -0.356 e. The molecule has 138 valence electrons. The number of imidazole rings is 1. The van der Waals surface area contributed by atoms with E-state index in [1.165, 1.54) is 0 Å². The molecule has 0 saturated carbocycles. The molecule has 3 aromatic heterocycles. The van der Waals surface area contributed by atoms with Crippen molar-refractivity contribution in [2.24, 2.45) is 5.73 Å². The van der Waals surface area contributed by atoms with Gasteiger partial charge >= 0.3 is 0 Å². The van der Waals surface area contributed by atoms with Crippen LogP contribution in [0.4, 0.5) is 5.82 Å². The van der Waals surface area contributed by atoms with Gasteiger partial charge in [-0.15, -0.1) is 0 Å². The number of aryl methyl sites for hydroxylation is 1. The predicted molar refractivity (Wildman–Crippen MR) is 107 cm³/mol. The molecule has 4 heterocycles. The summed E-state index contributed by atoms with van der Waals surface area (Å²) in [6, 6.07) is 5.94. The summed E-state index contributed by atoms with van der Waals surface area (Å²) in [5.41, 5.74) is 9.99. The Balaban J connectivity index is 1.43. The lowest BCUT2D eigenvalue weighted by Gasteiger charge is -2.38. The molecule has 4 aromatic rings. The second-order valence-electron chi connectivity index (χ2n) is 7.28. The van der Waals surface area contributed by atoms with Gasteiger partial charge in [0.05, 0.1) is 22.0 Å². The number of nitrogens with two attached hydrogens (primary N) is 1. The molecule has 7 nitrogen and oxygen atoms in total. The molecule has 0 atom stereocenters. The highest BCUT2D eigenvalue weighted by molar-refractivity contribution is 6.32. The Kier molecular flexibility index (Phi) is 3.63. The summed E-state index contributed by atoms with van der Waals surface area (Å²) in [6.07, 6.45) is 5.07. The van der Waals surface area contributed by atoms with Gasteiger partial charge in [-0.25, -0.2) is 15.0 Å². The number of aromatic amines is 2. The molecule has 27 heavy (non-hydrogen) atoms. The van der Waals surface area contributed by atoms with Crippen LogP contribution in [0.1, 0.15) is 24.2 Å². The van der Waals surface area contributed by atoms with Crippen molar-refractivity contribution >= 4 is 39.5 Å². The van der Waals surface area contributed by atoms with Gasteiger partial charge in [-0.3, -0.25) is 0 Å².